The summed E-state index contributed by atoms with van der Waals surface area (Å²) in [5.41, 5.74) is 0.748. The SMILES string of the molecule is CC(C)c1ccccc1S(=O)(=O)c1nn[nH]n1. The number of nitrogens with one attached hydrogen (secondary N) is 1. The Hall–Kier alpha value is -1.76. The maximum atomic E-state index is 12.2. The van der Waals surface area contributed by atoms with E-state index in [1.807, 2.05) is 19.9 Å². The molecule has 17 heavy (non-hydrogen) atoms. The molecule has 0 fully saturated rings. The summed E-state index contributed by atoms with van der Waals surface area (Å²) in [5.74, 6) is 0.105. The summed E-state index contributed by atoms with van der Waals surface area (Å²) in [6.07, 6.45) is 0. The molecule has 0 aliphatic carbocycles. The fourth-order valence-electron chi connectivity index (χ4n) is 1.57. The Morgan fingerprint density at radius 1 is 1.24 bits per heavy atom. The number of rotatable bonds is 3. The fourth-order valence-corrected chi connectivity index (χ4v) is 2.94. The molecule has 0 aliphatic heterocycles. The van der Waals surface area contributed by atoms with Gasteiger partial charge in [-0.25, -0.2) is 8.42 Å². The van der Waals surface area contributed by atoms with Crippen molar-refractivity contribution >= 4 is 9.84 Å². The summed E-state index contributed by atoms with van der Waals surface area (Å²) in [6, 6.07) is 6.84. The van der Waals surface area contributed by atoms with Crippen LogP contribution in [-0.4, -0.2) is 29.0 Å². The van der Waals surface area contributed by atoms with E-state index < -0.39 is 9.84 Å². The number of aromatic nitrogens is 4. The lowest BCUT2D eigenvalue weighted by Gasteiger charge is -2.10. The van der Waals surface area contributed by atoms with Crippen LogP contribution in [-0.2, 0) is 9.84 Å². The number of sulfone groups is 1. The van der Waals surface area contributed by atoms with Gasteiger partial charge in [0, 0.05) is 0 Å². The van der Waals surface area contributed by atoms with Gasteiger partial charge in [-0.2, -0.15) is 5.21 Å². The summed E-state index contributed by atoms with van der Waals surface area (Å²) in [4.78, 5) is 0.233. The summed E-state index contributed by atoms with van der Waals surface area (Å²) < 4.78 is 24.5. The number of benzene rings is 1. The lowest BCUT2D eigenvalue weighted by Crippen LogP contribution is -2.08. The molecule has 7 heteroatoms. The second kappa shape index (κ2) is 4.25. The average molecular weight is 252 g/mol. The molecule has 6 nitrogen and oxygen atoms in total. The van der Waals surface area contributed by atoms with Crippen LogP contribution < -0.4 is 0 Å². The Labute approximate surface area is 99.0 Å². The second-order valence-corrected chi connectivity index (χ2v) is 5.70. The van der Waals surface area contributed by atoms with E-state index in [1.54, 1.807) is 18.2 Å². The highest BCUT2D eigenvalue weighted by Gasteiger charge is 2.25. The van der Waals surface area contributed by atoms with Gasteiger partial charge in [-0.1, -0.05) is 37.1 Å². The van der Waals surface area contributed by atoms with Crippen LogP contribution in [0.25, 0.3) is 0 Å². The minimum absolute atomic E-state index is 0.105. The quantitative estimate of drug-likeness (QED) is 0.885. The molecule has 1 aromatic heterocycles. The largest absolute Gasteiger partial charge is 0.293 e. The Kier molecular flexibility index (Phi) is 2.93. The Morgan fingerprint density at radius 3 is 2.53 bits per heavy atom. The van der Waals surface area contributed by atoms with E-state index in [2.05, 4.69) is 20.6 Å². The van der Waals surface area contributed by atoms with Gasteiger partial charge in [0.05, 0.1) is 4.90 Å². The third-order valence-electron chi connectivity index (χ3n) is 2.40. The van der Waals surface area contributed by atoms with Crippen LogP contribution >= 0.6 is 0 Å². The average Bonchev–Trinajstić information content (AvgIpc) is 2.83. The zero-order valence-corrected chi connectivity index (χ0v) is 10.3. The van der Waals surface area contributed by atoms with Gasteiger partial charge in [0.15, 0.2) is 0 Å². The predicted octanol–water partition coefficient (Wildman–Crippen LogP) is 1.16. The number of nitrogens with zero attached hydrogens (tertiary/aromatic N) is 3. The molecule has 0 spiro atoms. The maximum absolute atomic E-state index is 12.2. The maximum Gasteiger partial charge on any atom is 0.293 e. The molecule has 0 aliphatic rings. The number of aromatic amines is 1. The van der Waals surface area contributed by atoms with Crippen LogP contribution in [0.1, 0.15) is 25.3 Å². The van der Waals surface area contributed by atoms with Crippen LogP contribution in [0.5, 0.6) is 0 Å². The predicted molar refractivity (Wildman–Crippen MR) is 60.2 cm³/mol. The smallest absolute Gasteiger partial charge is 0.215 e. The van der Waals surface area contributed by atoms with Crippen LogP contribution in [0.15, 0.2) is 34.3 Å². The van der Waals surface area contributed by atoms with E-state index in [-0.39, 0.29) is 16.0 Å². The molecule has 0 saturated carbocycles. The number of hydrogen-bond acceptors (Lipinski definition) is 5. The zero-order chi connectivity index (χ0) is 12.5. The van der Waals surface area contributed by atoms with Gasteiger partial charge in [-0.05, 0) is 22.8 Å². The number of hydrogen-bond donors (Lipinski definition) is 1. The van der Waals surface area contributed by atoms with Gasteiger partial charge < -0.3 is 0 Å². The van der Waals surface area contributed by atoms with Crippen molar-refractivity contribution < 1.29 is 8.42 Å². The molecular formula is C10H12N4O2S. The van der Waals surface area contributed by atoms with E-state index >= 15 is 0 Å². The van der Waals surface area contributed by atoms with Gasteiger partial charge >= 0.3 is 0 Å². The van der Waals surface area contributed by atoms with Crippen molar-refractivity contribution in [1.29, 1.82) is 0 Å². The van der Waals surface area contributed by atoms with Crippen molar-refractivity contribution in [2.45, 2.75) is 29.8 Å². The molecule has 0 amide bonds. The molecule has 0 unspecified atom stereocenters. The topological polar surface area (TPSA) is 88.6 Å². The van der Waals surface area contributed by atoms with E-state index in [4.69, 9.17) is 0 Å². The standard InChI is InChI=1S/C10H12N4O2S/c1-7(2)8-5-3-4-6-9(8)17(15,16)10-11-13-14-12-10/h3-7H,1-2H3,(H,11,12,13,14). The Bertz CT molecular complexity index is 605. The van der Waals surface area contributed by atoms with Gasteiger partial charge in [-0.15, -0.1) is 5.10 Å². The number of H-pyrrole nitrogens is 1. The molecular weight excluding hydrogens is 240 g/mol. The molecule has 90 valence electrons. The van der Waals surface area contributed by atoms with Crippen molar-refractivity contribution in [3.63, 3.8) is 0 Å². The normalized spacial score (nSPS) is 11.9. The molecule has 1 N–H and O–H groups in total. The number of tetrazole rings is 1. The molecule has 0 bridgehead atoms. The molecule has 1 aromatic carbocycles. The van der Waals surface area contributed by atoms with E-state index in [9.17, 15) is 8.42 Å². The Morgan fingerprint density at radius 2 is 1.94 bits per heavy atom. The zero-order valence-electron chi connectivity index (χ0n) is 9.45. The monoisotopic (exact) mass is 252 g/mol. The van der Waals surface area contributed by atoms with Crippen molar-refractivity contribution in [2.75, 3.05) is 0 Å². The lowest BCUT2D eigenvalue weighted by molar-refractivity contribution is 0.585. The van der Waals surface area contributed by atoms with Gasteiger partial charge in [-0.3, -0.25) is 0 Å². The van der Waals surface area contributed by atoms with Gasteiger partial charge in [0.25, 0.3) is 5.16 Å². The molecule has 0 atom stereocenters. The molecule has 2 aromatic rings. The third kappa shape index (κ3) is 2.05. The van der Waals surface area contributed by atoms with Crippen molar-refractivity contribution in [1.82, 2.24) is 20.6 Å². The van der Waals surface area contributed by atoms with Gasteiger partial charge in [0.1, 0.15) is 0 Å². The summed E-state index contributed by atoms with van der Waals surface area (Å²) in [6.45, 7) is 3.87. The summed E-state index contributed by atoms with van der Waals surface area (Å²) in [7, 11) is -3.69. The highest BCUT2D eigenvalue weighted by Crippen LogP contribution is 2.26. The summed E-state index contributed by atoms with van der Waals surface area (Å²) in [5, 5.41) is 12.2. The highest BCUT2D eigenvalue weighted by atomic mass is 32.2. The minimum atomic E-state index is -3.69. The minimum Gasteiger partial charge on any atom is -0.215 e. The van der Waals surface area contributed by atoms with Crippen LogP contribution in [0.4, 0.5) is 0 Å². The van der Waals surface area contributed by atoms with Crippen LogP contribution in [0.3, 0.4) is 0 Å². The first-order valence-electron chi connectivity index (χ1n) is 5.11. The second-order valence-electron chi connectivity index (χ2n) is 3.89. The van der Waals surface area contributed by atoms with Crippen LogP contribution in [0, 0.1) is 0 Å². The van der Waals surface area contributed by atoms with E-state index in [0.29, 0.717) is 0 Å². The van der Waals surface area contributed by atoms with Gasteiger partial charge in [0.2, 0.25) is 9.84 Å². The highest BCUT2D eigenvalue weighted by molar-refractivity contribution is 7.91. The van der Waals surface area contributed by atoms with E-state index in [1.165, 1.54) is 0 Å². The first-order chi connectivity index (χ1) is 8.03. The van der Waals surface area contributed by atoms with Crippen molar-refractivity contribution in [2.24, 2.45) is 0 Å². The molecule has 0 saturated heterocycles. The van der Waals surface area contributed by atoms with Crippen molar-refractivity contribution in [3.05, 3.63) is 29.8 Å². The summed E-state index contributed by atoms with van der Waals surface area (Å²) >= 11 is 0. The first-order valence-corrected chi connectivity index (χ1v) is 6.59. The lowest BCUT2D eigenvalue weighted by atomic mass is 10.0. The van der Waals surface area contributed by atoms with Crippen molar-refractivity contribution in [3.8, 4) is 0 Å². The molecule has 1 heterocycles. The molecule has 2 rings (SSSR count). The fraction of sp³-hybridized carbons (Fsp3) is 0.300. The van der Waals surface area contributed by atoms with E-state index in [0.717, 1.165) is 5.56 Å². The first kappa shape index (κ1) is 11.7. The van der Waals surface area contributed by atoms with Crippen LogP contribution in [0.2, 0.25) is 0 Å². The Balaban J connectivity index is 2.62. The third-order valence-corrected chi connectivity index (χ3v) is 4.00. The molecule has 0 radical (unpaired) electrons.